The van der Waals surface area contributed by atoms with E-state index in [1.165, 1.54) is 33.3 Å². The van der Waals surface area contributed by atoms with Crippen molar-refractivity contribution in [2.45, 2.75) is 70.0 Å². The Morgan fingerprint density at radius 1 is 1.23 bits per heavy atom. The van der Waals surface area contributed by atoms with E-state index in [1.807, 2.05) is 0 Å². The van der Waals surface area contributed by atoms with Crippen LogP contribution in [0.1, 0.15) is 56.4 Å². The molecule has 0 aliphatic heterocycles. The molecular formula is C26H32FN7O5. The highest BCUT2D eigenvalue weighted by molar-refractivity contribution is 6.01. The van der Waals surface area contributed by atoms with E-state index in [2.05, 4.69) is 20.7 Å². The predicted octanol–water partition coefficient (Wildman–Crippen LogP) is 3.20. The van der Waals surface area contributed by atoms with E-state index in [0.29, 0.717) is 6.42 Å². The third-order valence-corrected chi connectivity index (χ3v) is 6.75. The number of nitrogens with one attached hydrogen (secondary N) is 2. The van der Waals surface area contributed by atoms with E-state index in [1.54, 1.807) is 46.2 Å². The van der Waals surface area contributed by atoms with E-state index >= 15 is 0 Å². The molecule has 3 aromatic rings. The minimum absolute atomic E-state index is 0.0431. The van der Waals surface area contributed by atoms with Crippen molar-refractivity contribution >= 4 is 35.0 Å². The number of hydrogen-bond acceptors (Lipinski definition) is 8. The molecule has 2 N–H and O–H groups in total. The summed E-state index contributed by atoms with van der Waals surface area (Å²) in [5, 5.41) is 10.2. The maximum atomic E-state index is 13.4. The molecule has 2 saturated carbocycles. The summed E-state index contributed by atoms with van der Waals surface area (Å²) in [7, 11) is 3.10. The molecule has 2 fully saturated rings. The third-order valence-electron chi connectivity index (χ3n) is 6.75. The van der Waals surface area contributed by atoms with Crippen LogP contribution in [0.25, 0.3) is 5.65 Å². The highest BCUT2D eigenvalue weighted by Crippen LogP contribution is 2.34. The van der Waals surface area contributed by atoms with Crippen LogP contribution in [0.4, 0.5) is 26.5 Å². The first-order valence-electron chi connectivity index (χ1n) is 12.8. The van der Waals surface area contributed by atoms with Gasteiger partial charge >= 0.3 is 6.09 Å². The quantitative estimate of drug-likeness (QED) is 0.466. The van der Waals surface area contributed by atoms with Crippen molar-refractivity contribution in [1.29, 1.82) is 0 Å². The van der Waals surface area contributed by atoms with Gasteiger partial charge in [0.2, 0.25) is 0 Å². The molecule has 0 radical (unpaired) electrons. The Labute approximate surface area is 224 Å². The Morgan fingerprint density at radius 2 is 1.97 bits per heavy atom. The average Bonchev–Trinajstić information content (AvgIpc) is 3.46. The second-order valence-electron chi connectivity index (χ2n) is 10.9. The molecule has 3 aromatic heterocycles. The summed E-state index contributed by atoms with van der Waals surface area (Å²) in [6.45, 7) is 5.26. The molecule has 0 bridgehead atoms. The zero-order chi connectivity index (χ0) is 28.1. The van der Waals surface area contributed by atoms with Crippen molar-refractivity contribution in [2.75, 3.05) is 24.4 Å². The zero-order valence-electron chi connectivity index (χ0n) is 22.5. The molecule has 2 aliphatic carbocycles. The standard InChI is InChI=1S/C26H32FN7O5/c1-26(2,3)39-25(37)32(4)21-12-20(29-17-7-6-8-33(24(17)36)15-9-14(27)10-15)31-22-16(13-28-34(21)22)23(35)30-18-11-19(18)38-5/h6-8,12-15,18-19H,9-11H2,1-5H3,(H,29,31)(H,30,35)/t14?,15?,18?,19-/m1/s1. The number of methoxy groups -OCH3 is 1. The molecule has 0 aromatic carbocycles. The number of alkyl halides is 1. The van der Waals surface area contributed by atoms with Crippen LogP contribution in [0.5, 0.6) is 0 Å². The monoisotopic (exact) mass is 541 g/mol. The van der Waals surface area contributed by atoms with Crippen molar-refractivity contribution in [2.24, 2.45) is 0 Å². The second kappa shape index (κ2) is 9.95. The summed E-state index contributed by atoms with van der Waals surface area (Å²) < 4.78 is 27.1. The Morgan fingerprint density at radius 3 is 2.62 bits per heavy atom. The van der Waals surface area contributed by atoms with E-state index in [0.717, 1.165) is 0 Å². The molecule has 2 aliphatic rings. The number of fused-ring (bicyclic) bond motifs is 1. The molecular weight excluding hydrogens is 509 g/mol. The van der Waals surface area contributed by atoms with Gasteiger partial charge in [-0.15, -0.1) is 0 Å². The number of pyridine rings is 1. The number of amides is 2. The topological polar surface area (TPSA) is 132 Å². The van der Waals surface area contributed by atoms with Crippen LogP contribution < -0.4 is 21.1 Å². The Bertz CT molecular complexity index is 1470. The number of ether oxygens (including phenoxy) is 2. The highest BCUT2D eigenvalue weighted by Gasteiger charge is 2.39. The second-order valence-corrected chi connectivity index (χ2v) is 10.9. The molecule has 0 spiro atoms. The van der Waals surface area contributed by atoms with Gasteiger partial charge < -0.3 is 24.7 Å². The van der Waals surface area contributed by atoms with Crippen LogP contribution in [0.2, 0.25) is 0 Å². The maximum absolute atomic E-state index is 13.4. The Balaban J connectivity index is 1.52. The molecule has 2 atom stereocenters. The SMILES string of the molecule is CO[C@@H]1CC1NC(=O)c1cnn2c(N(C)C(=O)OC(C)(C)C)cc(Nc3cccn(C4CC(F)C4)c3=O)nc12. The normalized spacial score (nSPS) is 22.2. The molecule has 2 amide bonds. The number of aromatic nitrogens is 4. The van der Waals surface area contributed by atoms with Crippen molar-refractivity contribution < 1.29 is 23.5 Å². The molecule has 0 saturated heterocycles. The van der Waals surface area contributed by atoms with Gasteiger partial charge in [0.25, 0.3) is 11.5 Å². The summed E-state index contributed by atoms with van der Waals surface area (Å²) in [6, 6.07) is 4.50. The first-order valence-corrected chi connectivity index (χ1v) is 12.8. The number of carbonyl (C=O) groups excluding carboxylic acids is 2. The van der Waals surface area contributed by atoms with Crippen LogP contribution in [0.3, 0.4) is 0 Å². The Kier molecular flexibility index (Phi) is 6.79. The number of anilines is 3. The minimum atomic E-state index is -0.908. The van der Waals surface area contributed by atoms with Crippen molar-refractivity contribution in [3.05, 3.63) is 46.5 Å². The number of carbonyl (C=O) groups is 2. The lowest BCUT2D eigenvalue weighted by Crippen LogP contribution is -2.35. The van der Waals surface area contributed by atoms with E-state index in [-0.39, 0.29) is 65.1 Å². The van der Waals surface area contributed by atoms with Crippen molar-refractivity contribution in [3.63, 3.8) is 0 Å². The fourth-order valence-electron chi connectivity index (χ4n) is 4.44. The number of halogens is 1. The first-order chi connectivity index (χ1) is 18.4. The molecule has 208 valence electrons. The van der Waals surface area contributed by atoms with Crippen LogP contribution in [0, 0.1) is 0 Å². The van der Waals surface area contributed by atoms with Gasteiger partial charge in [0.05, 0.1) is 18.3 Å². The smallest absolute Gasteiger partial charge is 0.415 e. The summed E-state index contributed by atoms with van der Waals surface area (Å²) >= 11 is 0. The van der Waals surface area contributed by atoms with Crippen LogP contribution in [-0.4, -0.2) is 69.2 Å². The fraction of sp³-hybridized carbons (Fsp3) is 0.500. The summed E-state index contributed by atoms with van der Waals surface area (Å²) in [5.74, 6) is 0.0703. The lowest BCUT2D eigenvalue weighted by Gasteiger charge is -2.31. The van der Waals surface area contributed by atoms with Gasteiger partial charge in [-0.25, -0.2) is 14.2 Å². The Hall–Kier alpha value is -4.00. The molecule has 5 rings (SSSR count). The van der Waals surface area contributed by atoms with Crippen LogP contribution >= 0.6 is 0 Å². The van der Waals surface area contributed by atoms with Crippen molar-refractivity contribution in [3.8, 4) is 0 Å². The van der Waals surface area contributed by atoms with Gasteiger partial charge in [0.1, 0.15) is 34.7 Å². The fourth-order valence-corrected chi connectivity index (χ4v) is 4.44. The molecule has 1 unspecified atom stereocenters. The average molecular weight is 542 g/mol. The number of nitrogens with zero attached hydrogens (tertiary/aromatic N) is 5. The largest absolute Gasteiger partial charge is 0.443 e. The van der Waals surface area contributed by atoms with E-state index in [9.17, 15) is 18.8 Å². The zero-order valence-corrected chi connectivity index (χ0v) is 22.5. The maximum Gasteiger partial charge on any atom is 0.415 e. The predicted molar refractivity (Wildman–Crippen MR) is 141 cm³/mol. The van der Waals surface area contributed by atoms with Crippen molar-refractivity contribution in [1.82, 2.24) is 24.5 Å². The van der Waals surface area contributed by atoms with Gasteiger partial charge in [-0.3, -0.25) is 14.5 Å². The number of rotatable bonds is 7. The van der Waals surface area contributed by atoms with Crippen LogP contribution in [0.15, 0.2) is 35.4 Å². The summed E-state index contributed by atoms with van der Waals surface area (Å²) in [4.78, 5) is 45.0. The molecule has 39 heavy (non-hydrogen) atoms. The third kappa shape index (κ3) is 5.44. The summed E-state index contributed by atoms with van der Waals surface area (Å²) in [5.41, 5.74) is -0.496. The van der Waals surface area contributed by atoms with Crippen LogP contribution in [-0.2, 0) is 9.47 Å². The summed E-state index contributed by atoms with van der Waals surface area (Å²) in [6.07, 6.45) is 2.70. The van der Waals surface area contributed by atoms with E-state index in [4.69, 9.17) is 9.47 Å². The van der Waals surface area contributed by atoms with Gasteiger partial charge in [-0.1, -0.05) is 0 Å². The number of hydrogen-bond donors (Lipinski definition) is 2. The van der Waals surface area contributed by atoms with Gasteiger partial charge in [-0.05, 0) is 52.2 Å². The van der Waals surface area contributed by atoms with E-state index < -0.39 is 23.8 Å². The molecule has 13 heteroatoms. The molecule has 12 nitrogen and oxygen atoms in total. The van der Waals surface area contributed by atoms with Gasteiger partial charge in [0, 0.05) is 32.5 Å². The lowest BCUT2D eigenvalue weighted by molar-refractivity contribution is 0.0587. The van der Waals surface area contributed by atoms with Gasteiger partial charge in [0.15, 0.2) is 5.65 Å². The first kappa shape index (κ1) is 26.6. The lowest BCUT2D eigenvalue weighted by atomic mass is 9.90. The molecule has 3 heterocycles. The minimum Gasteiger partial charge on any atom is -0.443 e. The highest BCUT2D eigenvalue weighted by atomic mass is 19.1. The van der Waals surface area contributed by atoms with Gasteiger partial charge in [-0.2, -0.15) is 9.61 Å².